The molecule has 0 aliphatic rings. The standard InChI is InChI=1S/C3H7N/c1-3(2)4/h4H,1-2H3. The molecule has 0 spiro atoms. The minimum atomic E-state index is 0.667. The third-order valence-electron chi connectivity index (χ3n) is 0. The Bertz CT molecular complexity index is 26.3. The van der Waals surface area contributed by atoms with Crippen molar-refractivity contribution in [2.24, 2.45) is 0 Å². The van der Waals surface area contributed by atoms with Crippen LogP contribution >= 0.6 is 0 Å². The van der Waals surface area contributed by atoms with E-state index in [-0.39, 0.29) is 0 Å². The average molecular weight is 57.1 g/mol. The summed E-state index contributed by atoms with van der Waals surface area (Å²) in [4.78, 5) is 0. The van der Waals surface area contributed by atoms with Crippen molar-refractivity contribution in [1.82, 2.24) is 0 Å². The van der Waals surface area contributed by atoms with Crippen LogP contribution in [0.25, 0.3) is 0 Å². The lowest BCUT2D eigenvalue weighted by molar-refractivity contribution is 1.45. The smallest absolute Gasteiger partial charge is 0.00272 e. The summed E-state index contributed by atoms with van der Waals surface area (Å²) >= 11 is 0. The molecule has 0 radical (unpaired) electrons. The molecule has 0 rings (SSSR count). The highest BCUT2D eigenvalue weighted by Crippen LogP contribution is 1.52. The first-order chi connectivity index (χ1) is 1.73. The molecule has 0 saturated heterocycles. The van der Waals surface area contributed by atoms with Crippen LogP contribution in [-0.4, -0.2) is 5.71 Å². The van der Waals surface area contributed by atoms with Crippen molar-refractivity contribution in [2.75, 3.05) is 0 Å². The Labute approximate surface area is 26.2 Å². The van der Waals surface area contributed by atoms with Crippen LogP contribution in [-0.2, 0) is 0 Å². The molecule has 0 heterocycles. The fraction of sp³-hybridized carbons (Fsp3) is 0.667. The van der Waals surface area contributed by atoms with E-state index in [2.05, 4.69) is 0 Å². The third kappa shape index (κ3) is 6.88. The minimum absolute atomic E-state index is 0.667. The third-order valence-corrected chi connectivity index (χ3v) is 0. The highest BCUT2D eigenvalue weighted by atomic mass is 14.3. The van der Waals surface area contributed by atoms with Gasteiger partial charge in [-0.1, -0.05) is 0 Å². The van der Waals surface area contributed by atoms with Gasteiger partial charge < -0.3 is 5.41 Å². The molecular weight excluding hydrogens is 50.0 g/mol. The molecule has 0 unspecified atom stereocenters. The van der Waals surface area contributed by atoms with E-state index in [1.54, 1.807) is 13.8 Å². The van der Waals surface area contributed by atoms with E-state index in [4.69, 9.17) is 5.41 Å². The Morgan fingerprint density at radius 1 is 1.50 bits per heavy atom. The largest absolute Gasteiger partial charge is 0.310 e. The predicted molar refractivity (Wildman–Crippen MR) is 19.1 cm³/mol. The first-order valence-corrected chi connectivity index (χ1v) is 1.25. The predicted octanol–water partition coefficient (Wildman–Crippen LogP) is 1.05. The summed E-state index contributed by atoms with van der Waals surface area (Å²) in [5, 5.41) is 6.50. The molecule has 1 nitrogen and oxygen atoms in total. The summed E-state index contributed by atoms with van der Waals surface area (Å²) in [7, 11) is 0. The van der Waals surface area contributed by atoms with E-state index in [0.29, 0.717) is 5.71 Å². The molecule has 0 saturated carbocycles. The molecule has 0 aliphatic carbocycles. The maximum Gasteiger partial charge on any atom is 0.00272 e. The van der Waals surface area contributed by atoms with Crippen molar-refractivity contribution in [3.05, 3.63) is 0 Å². The van der Waals surface area contributed by atoms with E-state index in [1.807, 2.05) is 0 Å². The van der Waals surface area contributed by atoms with Gasteiger partial charge in [0.15, 0.2) is 0 Å². The van der Waals surface area contributed by atoms with E-state index in [0.717, 1.165) is 0 Å². The molecule has 0 aromatic carbocycles. The maximum atomic E-state index is 6.50. The summed E-state index contributed by atoms with van der Waals surface area (Å²) in [5.74, 6) is 0. The van der Waals surface area contributed by atoms with E-state index >= 15 is 0 Å². The Hall–Kier alpha value is -0.330. The van der Waals surface area contributed by atoms with Crippen LogP contribution in [0.3, 0.4) is 0 Å². The topological polar surface area (TPSA) is 23.9 Å². The fourth-order valence-corrected chi connectivity index (χ4v) is 0. The zero-order chi connectivity index (χ0) is 3.58. The molecule has 0 aromatic rings. The SMILES string of the molecule is CC(C)=N. The van der Waals surface area contributed by atoms with Gasteiger partial charge in [0.2, 0.25) is 0 Å². The fourth-order valence-electron chi connectivity index (χ4n) is 0. The van der Waals surface area contributed by atoms with Gasteiger partial charge in [-0.05, 0) is 13.8 Å². The van der Waals surface area contributed by atoms with Gasteiger partial charge in [-0.25, -0.2) is 0 Å². The normalized spacial score (nSPS) is 6.50. The van der Waals surface area contributed by atoms with Crippen molar-refractivity contribution < 1.29 is 0 Å². The average Bonchev–Trinajstić information content (AvgIpc) is 0.811. The molecule has 24 valence electrons. The Morgan fingerprint density at radius 3 is 1.50 bits per heavy atom. The molecular formula is C3H7N. The van der Waals surface area contributed by atoms with Crippen LogP contribution in [0.2, 0.25) is 0 Å². The molecule has 0 fully saturated rings. The molecule has 0 bridgehead atoms. The highest BCUT2D eigenvalue weighted by molar-refractivity contribution is 5.75. The minimum Gasteiger partial charge on any atom is -0.310 e. The number of nitrogens with one attached hydrogen (secondary N) is 1. The molecule has 1 heteroatoms. The van der Waals surface area contributed by atoms with Gasteiger partial charge in [0.25, 0.3) is 0 Å². The van der Waals surface area contributed by atoms with Crippen LogP contribution in [0, 0.1) is 5.41 Å². The van der Waals surface area contributed by atoms with Gasteiger partial charge >= 0.3 is 0 Å². The first kappa shape index (κ1) is 3.67. The molecule has 0 amide bonds. The van der Waals surface area contributed by atoms with Crippen molar-refractivity contribution in [1.29, 1.82) is 5.41 Å². The van der Waals surface area contributed by atoms with Crippen LogP contribution in [0.1, 0.15) is 13.8 Å². The summed E-state index contributed by atoms with van der Waals surface area (Å²) in [6, 6.07) is 0. The second-order valence-corrected chi connectivity index (χ2v) is 1.00. The van der Waals surface area contributed by atoms with E-state index < -0.39 is 0 Å². The molecule has 4 heavy (non-hydrogen) atoms. The van der Waals surface area contributed by atoms with E-state index in [9.17, 15) is 0 Å². The number of hydrogen-bond acceptors (Lipinski definition) is 1. The monoisotopic (exact) mass is 57.1 g/mol. The number of rotatable bonds is 0. The van der Waals surface area contributed by atoms with Crippen LogP contribution in [0.15, 0.2) is 0 Å². The summed E-state index contributed by atoms with van der Waals surface area (Å²) in [5.41, 5.74) is 0.667. The van der Waals surface area contributed by atoms with Crippen molar-refractivity contribution in [3.63, 3.8) is 0 Å². The van der Waals surface area contributed by atoms with Gasteiger partial charge in [-0.3, -0.25) is 0 Å². The van der Waals surface area contributed by atoms with Gasteiger partial charge in [-0.15, -0.1) is 0 Å². The lowest BCUT2D eigenvalue weighted by Crippen LogP contribution is -1.67. The number of hydrogen-bond donors (Lipinski definition) is 1. The quantitative estimate of drug-likeness (QED) is 0.402. The molecule has 0 aromatic heterocycles. The van der Waals surface area contributed by atoms with Crippen molar-refractivity contribution in [2.45, 2.75) is 13.8 Å². The summed E-state index contributed by atoms with van der Waals surface area (Å²) in [6.07, 6.45) is 0. The Morgan fingerprint density at radius 2 is 1.50 bits per heavy atom. The Kier molecular flexibility index (Phi) is 0.958. The zero-order valence-electron chi connectivity index (χ0n) is 3.00. The molecule has 1 N–H and O–H groups in total. The lowest BCUT2D eigenvalue weighted by Gasteiger charge is -1.63. The zero-order valence-corrected chi connectivity index (χ0v) is 3.00. The molecule has 0 atom stereocenters. The van der Waals surface area contributed by atoms with Gasteiger partial charge in [0.1, 0.15) is 0 Å². The molecule has 0 aliphatic heterocycles. The maximum absolute atomic E-state index is 6.50. The van der Waals surface area contributed by atoms with Crippen molar-refractivity contribution in [3.8, 4) is 0 Å². The van der Waals surface area contributed by atoms with Crippen LogP contribution in [0.5, 0.6) is 0 Å². The van der Waals surface area contributed by atoms with E-state index in [1.165, 1.54) is 0 Å². The van der Waals surface area contributed by atoms with Crippen molar-refractivity contribution >= 4 is 5.71 Å². The van der Waals surface area contributed by atoms with Crippen LogP contribution < -0.4 is 0 Å². The second kappa shape index (κ2) is 1.04. The van der Waals surface area contributed by atoms with Crippen LogP contribution in [0.4, 0.5) is 0 Å². The second-order valence-electron chi connectivity index (χ2n) is 1.00. The Balaban J connectivity index is 2.80. The van der Waals surface area contributed by atoms with Gasteiger partial charge in [0, 0.05) is 5.71 Å². The lowest BCUT2D eigenvalue weighted by atomic mass is 10.5. The van der Waals surface area contributed by atoms with Gasteiger partial charge in [-0.2, -0.15) is 0 Å². The van der Waals surface area contributed by atoms with Gasteiger partial charge in [0.05, 0.1) is 0 Å². The summed E-state index contributed by atoms with van der Waals surface area (Å²) in [6.45, 7) is 3.50. The highest BCUT2D eigenvalue weighted by Gasteiger charge is 1.55. The summed E-state index contributed by atoms with van der Waals surface area (Å²) < 4.78 is 0. The first-order valence-electron chi connectivity index (χ1n) is 1.25.